The van der Waals surface area contributed by atoms with E-state index < -0.39 is 0 Å². The third kappa shape index (κ3) is 3.20. The highest BCUT2D eigenvalue weighted by Crippen LogP contribution is 2.09. The van der Waals surface area contributed by atoms with Crippen LogP contribution in [0.4, 0.5) is 0 Å². The summed E-state index contributed by atoms with van der Waals surface area (Å²) in [7, 11) is 0. The number of hydrogen-bond acceptors (Lipinski definition) is 3. The van der Waals surface area contributed by atoms with Gasteiger partial charge in [-0.3, -0.25) is 9.59 Å². The van der Waals surface area contributed by atoms with Gasteiger partial charge in [-0.25, -0.2) is 0 Å². The molecule has 5 heteroatoms. The molecule has 0 aromatic carbocycles. The molecule has 0 aliphatic carbocycles. The highest BCUT2D eigenvalue weighted by atomic mass is 16.5. The van der Waals surface area contributed by atoms with Gasteiger partial charge in [0, 0.05) is 13.1 Å². The molecule has 0 radical (unpaired) electrons. The summed E-state index contributed by atoms with van der Waals surface area (Å²) < 4.78 is 5.26. The predicted octanol–water partition coefficient (Wildman–Crippen LogP) is 0.148. The van der Waals surface area contributed by atoms with Crippen molar-refractivity contribution in [1.82, 2.24) is 10.2 Å². The van der Waals surface area contributed by atoms with Gasteiger partial charge >= 0.3 is 0 Å². The minimum atomic E-state index is -0.336. The zero-order valence-corrected chi connectivity index (χ0v) is 10.2. The van der Waals surface area contributed by atoms with Gasteiger partial charge in [-0.1, -0.05) is 6.92 Å². The van der Waals surface area contributed by atoms with Crippen molar-refractivity contribution < 1.29 is 14.3 Å². The van der Waals surface area contributed by atoms with Crippen LogP contribution in [0.1, 0.15) is 27.2 Å². The summed E-state index contributed by atoms with van der Waals surface area (Å²) in [5.41, 5.74) is 0. The molecule has 5 nitrogen and oxygen atoms in total. The molecule has 0 bridgehead atoms. The molecular formula is C11H20N2O3. The second-order valence-corrected chi connectivity index (χ2v) is 4.16. The highest BCUT2D eigenvalue weighted by molar-refractivity contribution is 5.89. The second kappa shape index (κ2) is 5.84. The molecule has 1 saturated heterocycles. The van der Waals surface area contributed by atoms with Crippen LogP contribution in [0, 0.1) is 0 Å². The first-order chi connectivity index (χ1) is 7.56. The van der Waals surface area contributed by atoms with Crippen LogP contribution >= 0.6 is 0 Å². The molecule has 1 heterocycles. The number of rotatable bonds is 4. The van der Waals surface area contributed by atoms with Gasteiger partial charge in [-0.15, -0.1) is 0 Å². The van der Waals surface area contributed by atoms with Gasteiger partial charge in [0.1, 0.15) is 12.6 Å². The second-order valence-electron chi connectivity index (χ2n) is 4.16. The fraction of sp³-hybridized carbons (Fsp3) is 0.818. The Kier molecular flexibility index (Phi) is 4.73. The number of hydrogen-bond donors (Lipinski definition) is 1. The van der Waals surface area contributed by atoms with Gasteiger partial charge in [0.2, 0.25) is 11.8 Å². The molecular weight excluding hydrogens is 208 g/mol. The first-order valence-corrected chi connectivity index (χ1v) is 5.75. The van der Waals surface area contributed by atoms with Gasteiger partial charge in [0.05, 0.1) is 6.10 Å². The van der Waals surface area contributed by atoms with E-state index in [0.29, 0.717) is 19.5 Å². The van der Waals surface area contributed by atoms with Crippen molar-refractivity contribution in [3.05, 3.63) is 0 Å². The van der Waals surface area contributed by atoms with Gasteiger partial charge in [0.25, 0.3) is 0 Å². The molecule has 1 aliphatic heterocycles. The molecule has 1 rings (SSSR count). The van der Waals surface area contributed by atoms with Crippen molar-refractivity contribution >= 4 is 11.8 Å². The molecule has 1 fully saturated rings. The molecule has 1 unspecified atom stereocenters. The Hall–Kier alpha value is -1.10. The van der Waals surface area contributed by atoms with Crippen molar-refractivity contribution in [2.75, 3.05) is 19.7 Å². The molecule has 1 N–H and O–H groups in total. The molecule has 1 aliphatic rings. The standard InChI is InChI=1S/C11H20N2O3/c1-4-9-11(15)12-5-6-13(9)10(14)7-16-8(2)3/h8-9H,4-7H2,1-3H3,(H,12,15). The van der Waals surface area contributed by atoms with Crippen molar-refractivity contribution in [2.24, 2.45) is 0 Å². The summed E-state index contributed by atoms with van der Waals surface area (Å²) in [6, 6.07) is -0.336. The van der Waals surface area contributed by atoms with Crippen LogP contribution < -0.4 is 5.32 Å². The molecule has 0 aromatic heterocycles. The van der Waals surface area contributed by atoms with E-state index in [0.717, 1.165) is 0 Å². The molecule has 2 amide bonds. The van der Waals surface area contributed by atoms with E-state index in [1.165, 1.54) is 0 Å². The topological polar surface area (TPSA) is 58.6 Å². The van der Waals surface area contributed by atoms with E-state index in [2.05, 4.69) is 5.32 Å². The lowest BCUT2D eigenvalue weighted by molar-refractivity contribution is -0.147. The zero-order chi connectivity index (χ0) is 12.1. The third-order valence-electron chi connectivity index (χ3n) is 2.58. The average molecular weight is 228 g/mol. The van der Waals surface area contributed by atoms with Crippen LogP contribution in [0.3, 0.4) is 0 Å². The van der Waals surface area contributed by atoms with E-state index in [1.54, 1.807) is 4.90 Å². The number of carbonyl (C=O) groups is 2. The van der Waals surface area contributed by atoms with Crippen LogP contribution in [-0.2, 0) is 14.3 Å². The zero-order valence-electron chi connectivity index (χ0n) is 10.2. The minimum absolute atomic E-state index is 0.0302. The normalized spacial score (nSPS) is 21.1. The first-order valence-electron chi connectivity index (χ1n) is 5.75. The van der Waals surface area contributed by atoms with Gasteiger partial charge < -0.3 is 15.0 Å². The molecule has 0 saturated carbocycles. The van der Waals surface area contributed by atoms with Crippen LogP contribution in [0.5, 0.6) is 0 Å². The fourth-order valence-electron chi connectivity index (χ4n) is 1.74. The summed E-state index contributed by atoms with van der Waals surface area (Å²) in [5.74, 6) is -0.165. The lowest BCUT2D eigenvalue weighted by Gasteiger charge is -2.34. The van der Waals surface area contributed by atoms with Crippen LogP contribution in [0.25, 0.3) is 0 Å². The van der Waals surface area contributed by atoms with E-state index in [4.69, 9.17) is 4.74 Å². The average Bonchev–Trinajstić information content (AvgIpc) is 2.25. The fourth-order valence-corrected chi connectivity index (χ4v) is 1.74. The molecule has 92 valence electrons. The Morgan fingerprint density at radius 1 is 1.62 bits per heavy atom. The Morgan fingerprint density at radius 3 is 2.88 bits per heavy atom. The van der Waals surface area contributed by atoms with E-state index in [1.807, 2.05) is 20.8 Å². The van der Waals surface area contributed by atoms with Crippen molar-refractivity contribution in [1.29, 1.82) is 0 Å². The summed E-state index contributed by atoms with van der Waals surface area (Å²) >= 11 is 0. The van der Waals surface area contributed by atoms with E-state index >= 15 is 0 Å². The summed E-state index contributed by atoms with van der Waals surface area (Å²) in [6.45, 7) is 6.83. The smallest absolute Gasteiger partial charge is 0.249 e. The maximum atomic E-state index is 11.8. The van der Waals surface area contributed by atoms with Crippen LogP contribution in [0.15, 0.2) is 0 Å². The number of carbonyl (C=O) groups excluding carboxylic acids is 2. The summed E-state index contributed by atoms with van der Waals surface area (Å²) in [4.78, 5) is 25.0. The number of piperazine rings is 1. The Balaban J connectivity index is 2.55. The Labute approximate surface area is 96.1 Å². The van der Waals surface area contributed by atoms with Crippen molar-refractivity contribution in [2.45, 2.75) is 39.3 Å². The predicted molar refractivity (Wildman–Crippen MR) is 59.9 cm³/mol. The lowest BCUT2D eigenvalue weighted by atomic mass is 10.1. The molecule has 0 aromatic rings. The molecule has 1 atom stereocenters. The number of nitrogens with one attached hydrogen (secondary N) is 1. The number of ether oxygens (including phenoxy) is 1. The monoisotopic (exact) mass is 228 g/mol. The van der Waals surface area contributed by atoms with Gasteiger partial charge in [-0.05, 0) is 20.3 Å². The van der Waals surface area contributed by atoms with Crippen molar-refractivity contribution in [3.8, 4) is 0 Å². The van der Waals surface area contributed by atoms with Crippen LogP contribution in [0.2, 0.25) is 0 Å². The van der Waals surface area contributed by atoms with E-state index in [-0.39, 0.29) is 30.6 Å². The van der Waals surface area contributed by atoms with Gasteiger partial charge in [0.15, 0.2) is 0 Å². The Bertz CT molecular complexity index is 266. The number of nitrogens with zero attached hydrogens (tertiary/aromatic N) is 1. The SMILES string of the molecule is CCC1C(=O)NCCN1C(=O)COC(C)C. The summed E-state index contributed by atoms with van der Waals surface area (Å²) in [5, 5.41) is 2.76. The van der Waals surface area contributed by atoms with Crippen molar-refractivity contribution in [3.63, 3.8) is 0 Å². The largest absolute Gasteiger partial charge is 0.369 e. The van der Waals surface area contributed by atoms with E-state index in [9.17, 15) is 9.59 Å². The first kappa shape index (κ1) is 13.0. The summed E-state index contributed by atoms with van der Waals surface area (Å²) in [6.07, 6.45) is 0.668. The molecule has 16 heavy (non-hydrogen) atoms. The quantitative estimate of drug-likeness (QED) is 0.745. The number of amides is 2. The lowest BCUT2D eigenvalue weighted by Crippen LogP contribution is -2.57. The maximum Gasteiger partial charge on any atom is 0.249 e. The third-order valence-corrected chi connectivity index (χ3v) is 2.58. The minimum Gasteiger partial charge on any atom is -0.369 e. The van der Waals surface area contributed by atoms with Crippen LogP contribution in [-0.4, -0.2) is 48.6 Å². The van der Waals surface area contributed by atoms with Gasteiger partial charge in [-0.2, -0.15) is 0 Å². The Morgan fingerprint density at radius 2 is 2.31 bits per heavy atom. The maximum absolute atomic E-state index is 11.8. The molecule has 0 spiro atoms. The highest BCUT2D eigenvalue weighted by Gasteiger charge is 2.31.